The zero-order valence-electron chi connectivity index (χ0n) is 29.4. The Labute approximate surface area is 300 Å². The predicted molar refractivity (Wildman–Crippen MR) is 190 cm³/mol. The lowest BCUT2D eigenvalue weighted by atomic mass is 10.1. The molecule has 2 N–H and O–H groups in total. The van der Waals surface area contributed by atoms with Crippen LogP contribution < -0.4 is 15.5 Å². The molecule has 14 nitrogen and oxygen atoms in total. The molecule has 0 spiro atoms. The van der Waals surface area contributed by atoms with Crippen LogP contribution in [0.15, 0.2) is 64.4 Å². The minimum absolute atomic E-state index is 0.0518. The van der Waals surface area contributed by atoms with Gasteiger partial charge in [0.2, 0.25) is 9.84 Å². The minimum Gasteiger partial charge on any atom is -0.445 e. The van der Waals surface area contributed by atoms with Gasteiger partial charge in [0, 0.05) is 69.3 Å². The molecule has 17 heteroatoms. The van der Waals surface area contributed by atoms with E-state index in [-0.39, 0.29) is 46.4 Å². The first kappa shape index (κ1) is 38.5. The van der Waals surface area contributed by atoms with Gasteiger partial charge >= 0.3 is 6.09 Å². The van der Waals surface area contributed by atoms with Crippen LogP contribution in [-0.2, 0) is 28.8 Å². The highest BCUT2D eigenvalue weighted by Crippen LogP contribution is 2.32. The second kappa shape index (κ2) is 17.2. The molecule has 5 rings (SSSR count). The molecule has 0 radical (unpaired) electrons. The van der Waals surface area contributed by atoms with E-state index in [0.717, 1.165) is 36.5 Å². The summed E-state index contributed by atoms with van der Waals surface area (Å²) in [5.74, 6) is -2.91. The maximum atomic E-state index is 14.0. The molecular formula is C35H42F2N6O8S. The van der Waals surface area contributed by atoms with E-state index >= 15 is 0 Å². The number of aromatic nitrogens is 2. The van der Waals surface area contributed by atoms with Crippen LogP contribution in [-0.4, -0.2) is 122 Å². The monoisotopic (exact) mass is 744 g/mol. The van der Waals surface area contributed by atoms with Crippen molar-refractivity contribution in [1.29, 1.82) is 0 Å². The third-order valence-corrected chi connectivity index (χ3v) is 10.1. The minimum atomic E-state index is -4.46. The SMILES string of the molecule is COCCOCCOC(=O)n1nc(NC(=O)c2ccc(N3CCN(C)CC3)cc2NC(C)COC)c2cc(S(=O)(=O)c3cc(F)cc(F)c3)ccc21. The van der Waals surface area contributed by atoms with Gasteiger partial charge < -0.3 is 39.4 Å². The van der Waals surface area contributed by atoms with Crippen molar-refractivity contribution < 1.29 is 45.7 Å². The van der Waals surface area contributed by atoms with Crippen LogP contribution in [0, 0.1) is 11.6 Å². The number of nitrogens with zero attached hydrogens (tertiary/aromatic N) is 4. The molecule has 1 aromatic heterocycles. The van der Waals surface area contributed by atoms with Crippen LogP contribution in [0.4, 0.5) is 30.8 Å². The molecule has 1 saturated heterocycles. The van der Waals surface area contributed by atoms with Gasteiger partial charge in [-0.05, 0) is 62.5 Å². The molecule has 0 bridgehead atoms. The van der Waals surface area contributed by atoms with Crippen molar-refractivity contribution in [2.45, 2.75) is 22.8 Å². The van der Waals surface area contributed by atoms with Gasteiger partial charge in [-0.25, -0.2) is 22.0 Å². The lowest BCUT2D eigenvalue weighted by Gasteiger charge is -2.34. The van der Waals surface area contributed by atoms with E-state index in [1.54, 1.807) is 13.2 Å². The Morgan fingerprint density at radius 2 is 1.60 bits per heavy atom. The van der Waals surface area contributed by atoms with Gasteiger partial charge in [-0.1, -0.05) is 0 Å². The van der Waals surface area contributed by atoms with Crippen LogP contribution in [0.1, 0.15) is 17.3 Å². The fraction of sp³-hybridized carbons (Fsp3) is 0.400. The number of carbonyl (C=O) groups is 2. The van der Waals surface area contributed by atoms with E-state index in [1.165, 1.54) is 25.3 Å². The maximum Gasteiger partial charge on any atom is 0.435 e. The predicted octanol–water partition coefficient (Wildman–Crippen LogP) is 4.25. The lowest BCUT2D eigenvalue weighted by molar-refractivity contribution is 0.0420. The molecule has 0 saturated carbocycles. The molecule has 1 unspecified atom stereocenters. The molecule has 4 aromatic rings. The first-order valence-corrected chi connectivity index (χ1v) is 18.0. The summed E-state index contributed by atoms with van der Waals surface area (Å²) < 4.78 is 76.9. The number of rotatable bonds is 15. The summed E-state index contributed by atoms with van der Waals surface area (Å²) in [6, 6.07) is 10.8. The number of fused-ring (bicyclic) bond motifs is 1. The highest BCUT2D eigenvalue weighted by molar-refractivity contribution is 7.91. The number of piperazine rings is 1. The molecule has 3 aromatic carbocycles. The van der Waals surface area contributed by atoms with Crippen molar-refractivity contribution in [3.63, 3.8) is 0 Å². The summed E-state index contributed by atoms with van der Waals surface area (Å²) in [6.45, 7) is 6.25. The molecular weight excluding hydrogens is 702 g/mol. The number of anilines is 3. The third-order valence-electron chi connectivity index (χ3n) is 8.33. The Morgan fingerprint density at radius 1 is 0.885 bits per heavy atom. The Balaban J connectivity index is 1.51. The topological polar surface area (TPSA) is 154 Å². The first-order valence-electron chi connectivity index (χ1n) is 16.5. The number of hydrogen-bond donors (Lipinski definition) is 2. The average molecular weight is 745 g/mol. The van der Waals surface area contributed by atoms with Crippen LogP contribution >= 0.6 is 0 Å². The van der Waals surface area contributed by atoms with Crippen molar-refractivity contribution >= 4 is 49.9 Å². The summed E-state index contributed by atoms with van der Waals surface area (Å²) in [5, 5.41) is 10.4. The van der Waals surface area contributed by atoms with E-state index in [9.17, 15) is 26.8 Å². The van der Waals surface area contributed by atoms with E-state index in [1.807, 2.05) is 19.1 Å². The summed E-state index contributed by atoms with van der Waals surface area (Å²) in [6.07, 6.45) is -0.920. The molecule has 1 aliphatic heterocycles. The van der Waals surface area contributed by atoms with Crippen LogP contribution in [0.5, 0.6) is 0 Å². The number of nitrogens with one attached hydrogen (secondary N) is 2. The molecule has 1 aliphatic rings. The largest absolute Gasteiger partial charge is 0.445 e. The average Bonchev–Trinajstić information content (AvgIpc) is 3.47. The number of halogens is 2. The van der Waals surface area contributed by atoms with Crippen molar-refractivity contribution in [3.8, 4) is 0 Å². The molecule has 0 aliphatic carbocycles. The quantitative estimate of drug-likeness (QED) is 0.168. The van der Waals surface area contributed by atoms with Gasteiger partial charge in [-0.15, -0.1) is 5.10 Å². The normalized spacial score (nSPS) is 14.4. The van der Waals surface area contributed by atoms with E-state index in [0.29, 0.717) is 43.7 Å². The third kappa shape index (κ3) is 9.21. The second-order valence-electron chi connectivity index (χ2n) is 12.2. The summed E-state index contributed by atoms with van der Waals surface area (Å²) in [5.41, 5.74) is 1.79. The van der Waals surface area contributed by atoms with Gasteiger partial charge in [-0.3, -0.25) is 4.79 Å². The van der Waals surface area contributed by atoms with Gasteiger partial charge in [-0.2, -0.15) is 4.68 Å². The summed E-state index contributed by atoms with van der Waals surface area (Å²) >= 11 is 0. The Kier molecular flexibility index (Phi) is 12.8. The highest BCUT2D eigenvalue weighted by Gasteiger charge is 2.26. The van der Waals surface area contributed by atoms with Gasteiger partial charge in [0.15, 0.2) is 5.82 Å². The highest BCUT2D eigenvalue weighted by atomic mass is 32.2. The van der Waals surface area contributed by atoms with Crippen molar-refractivity contribution in [2.75, 3.05) is 96.0 Å². The van der Waals surface area contributed by atoms with Crippen molar-refractivity contribution in [2.24, 2.45) is 0 Å². The zero-order valence-corrected chi connectivity index (χ0v) is 30.2. The Morgan fingerprint density at radius 3 is 2.29 bits per heavy atom. The molecule has 2 heterocycles. The summed E-state index contributed by atoms with van der Waals surface area (Å²) in [4.78, 5) is 30.7. The fourth-order valence-electron chi connectivity index (χ4n) is 5.65. The zero-order chi connectivity index (χ0) is 37.4. The molecule has 1 fully saturated rings. The van der Waals surface area contributed by atoms with Crippen LogP contribution in [0.3, 0.4) is 0 Å². The number of carbonyl (C=O) groups excluding carboxylic acids is 2. The van der Waals surface area contributed by atoms with Crippen molar-refractivity contribution in [3.05, 3.63) is 71.8 Å². The van der Waals surface area contributed by atoms with E-state index in [2.05, 4.69) is 32.6 Å². The standard InChI is InChI=1S/C35H42F2N6O8S/c1-23(22-49-4)38-31-20-26(42-11-9-41(2)10-12-42)5-7-29(31)34(44)39-33-30-21-27(52(46,47)28-18-24(36)17-25(37)19-28)6-8-32(30)43(40-33)35(45)51-16-15-50-14-13-48-3/h5-8,17-21,23,38H,9-16,22H2,1-4H3,(H,39,40,44). The number of benzene rings is 3. The van der Waals surface area contributed by atoms with Gasteiger partial charge in [0.1, 0.15) is 18.2 Å². The summed E-state index contributed by atoms with van der Waals surface area (Å²) in [7, 11) is 0.709. The van der Waals surface area contributed by atoms with Gasteiger partial charge in [0.05, 0.1) is 47.3 Å². The number of methoxy groups -OCH3 is 2. The fourth-order valence-corrected chi connectivity index (χ4v) is 6.98. The molecule has 280 valence electrons. The first-order chi connectivity index (χ1) is 24.9. The molecule has 1 amide bonds. The lowest BCUT2D eigenvalue weighted by Crippen LogP contribution is -2.44. The van der Waals surface area contributed by atoms with Gasteiger partial charge in [0.25, 0.3) is 5.91 Å². The number of ether oxygens (including phenoxy) is 4. The van der Waals surface area contributed by atoms with E-state index < -0.39 is 38.4 Å². The van der Waals surface area contributed by atoms with Crippen LogP contribution in [0.2, 0.25) is 0 Å². The smallest absolute Gasteiger partial charge is 0.435 e. The Bertz CT molecular complexity index is 1980. The molecule has 52 heavy (non-hydrogen) atoms. The number of sulfone groups is 1. The molecule has 1 atom stereocenters. The van der Waals surface area contributed by atoms with E-state index in [4.69, 9.17) is 18.9 Å². The van der Waals surface area contributed by atoms with Crippen molar-refractivity contribution in [1.82, 2.24) is 14.7 Å². The second-order valence-corrected chi connectivity index (χ2v) is 14.2. The number of amides is 1. The number of hydrogen-bond acceptors (Lipinski definition) is 12. The van der Waals surface area contributed by atoms with Crippen LogP contribution in [0.25, 0.3) is 10.9 Å². The maximum absolute atomic E-state index is 14.0. The Hall–Kier alpha value is -4.68. The number of likely N-dealkylation sites (N-methyl/N-ethyl adjacent to an activating group) is 1.